The van der Waals surface area contributed by atoms with Crippen LogP contribution in [-0.2, 0) is 9.53 Å². The second-order valence-electron chi connectivity index (χ2n) is 7.17. The van der Waals surface area contributed by atoms with Gasteiger partial charge in [-0.05, 0) is 31.1 Å². The smallest absolute Gasteiger partial charge is 0.327 e. The number of rotatable bonds is 1. The summed E-state index contributed by atoms with van der Waals surface area (Å²) in [4.78, 5) is 27.8. The van der Waals surface area contributed by atoms with Gasteiger partial charge in [0.15, 0.2) is 0 Å². The number of urea groups is 1. The number of likely N-dealkylation sites (tertiary alicyclic amines) is 2. The van der Waals surface area contributed by atoms with Crippen molar-refractivity contribution in [3.05, 3.63) is 0 Å². The fourth-order valence-electron chi connectivity index (χ4n) is 4.02. The van der Waals surface area contributed by atoms with Crippen molar-refractivity contribution in [3.63, 3.8) is 0 Å². The minimum Gasteiger partial charge on any atom is -0.480 e. The number of ether oxygens (including phenoxy) is 1. The van der Waals surface area contributed by atoms with Gasteiger partial charge in [-0.3, -0.25) is 0 Å². The SMILES string of the molecule is CC1(C)CCCN(C(=O)N2CC3CCC(C2)O3)C1C(=O)O. The Morgan fingerprint density at radius 2 is 1.81 bits per heavy atom. The van der Waals surface area contributed by atoms with Gasteiger partial charge in [0.25, 0.3) is 0 Å². The van der Waals surface area contributed by atoms with Crippen molar-refractivity contribution >= 4 is 12.0 Å². The number of nitrogens with zero attached hydrogens (tertiary/aromatic N) is 2. The maximum absolute atomic E-state index is 12.8. The largest absolute Gasteiger partial charge is 0.480 e. The van der Waals surface area contributed by atoms with Crippen molar-refractivity contribution in [2.75, 3.05) is 19.6 Å². The Bertz CT molecular complexity index is 439. The molecule has 3 aliphatic rings. The van der Waals surface area contributed by atoms with Crippen LogP contribution in [0.5, 0.6) is 0 Å². The van der Waals surface area contributed by atoms with E-state index in [1.807, 2.05) is 13.8 Å². The lowest BCUT2D eigenvalue weighted by molar-refractivity contribution is -0.149. The van der Waals surface area contributed by atoms with Gasteiger partial charge in [0.05, 0.1) is 12.2 Å². The van der Waals surface area contributed by atoms with E-state index < -0.39 is 12.0 Å². The molecule has 118 valence electrons. The molecule has 3 fully saturated rings. The van der Waals surface area contributed by atoms with Gasteiger partial charge in [-0.1, -0.05) is 13.8 Å². The summed E-state index contributed by atoms with van der Waals surface area (Å²) in [6, 6.07) is -0.866. The lowest BCUT2D eigenvalue weighted by atomic mass is 9.76. The molecule has 0 aromatic rings. The van der Waals surface area contributed by atoms with Crippen LogP contribution >= 0.6 is 0 Å². The molecule has 3 atom stereocenters. The molecule has 2 amide bonds. The van der Waals surface area contributed by atoms with Gasteiger partial charge >= 0.3 is 12.0 Å². The molecule has 0 spiro atoms. The number of hydrogen-bond donors (Lipinski definition) is 1. The summed E-state index contributed by atoms with van der Waals surface area (Å²) >= 11 is 0. The normalized spacial score (nSPS) is 34.9. The molecule has 21 heavy (non-hydrogen) atoms. The number of carbonyl (C=O) groups excluding carboxylic acids is 1. The predicted octanol–water partition coefficient (Wildman–Crippen LogP) is 1.54. The first-order valence-corrected chi connectivity index (χ1v) is 7.82. The topological polar surface area (TPSA) is 70.1 Å². The van der Waals surface area contributed by atoms with Gasteiger partial charge in [-0.25, -0.2) is 9.59 Å². The molecule has 6 heteroatoms. The van der Waals surface area contributed by atoms with Crippen LogP contribution in [0.4, 0.5) is 4.79 Å². The quantitative estimate of drug-likeness (QED) is 0.797. The molecule has 0 aliphatic carbocycles. The van der Waals surface area contributed by atoms with E-state index in [9.17, 15) is 14.7 Å². The zero-order chi connectivity index (χ0) is 15.2. The second kappa shape index (κ2) is 5.16. The van der Waals surface area contributed by atoms with Crippen molar-refractivity contribution in [3.8, 4) is 0 Å². The monoisotopic (exact) mass is 296 g/mol. The number of hydrogen-bond acceptors (Lipinski definition) is 3. The average Bonchev–Trinajstić information content (AvgIpc) is 2.74. The molecule has 3 unspecified atom stereocenters. The first-order valence-electron chi connectivity index (χ1n) is 7.82. The van der Waals surface area contributed by atoms with Crippen LogP contribution in [0.25, 0.3) is 0 Å². The molecule has 6 nitrogen and oxygen atoms in total. The third kappa shape index (κ3) is 2.61. The number of aliphatic carboxylic acids is 1. The van der Waals surface area contributed by atoms with Crippen molar-refractivity contribution < 1.29 is 19.4 Å². The molecular formula is C15H24N2O4. The molecule has 0 saturated carbocycles. The predicted molar refractivity (Wildman–Crippen MR) is 76.0 cm³/mol. The van der Waals surface area contributed by atoms with E-state index in [2.05, 4.69) is 0 Å². The van der Waals surface area contributed by atoms with Crippen molar-refractivity contribution in [1.29, 1.82) is 0 Å². The van der Waals surface area contributed by atoms with E-state index in [1.165, 1.54) is 0 Å². The third-order valence-electron chi connectivity index (χ3n) is 5.07. The minimum atomic E-state index is -0.899. The molecule has 1 N–H and O–H groups in total. The van der Waals surface area contributed by atoms with Gasteiger partial charge in [0.2, 0.25) is 0 Å². The molecule has 3 rings (SSSR count). The van der Waals surface area contributed by atoms with Crippen LogP contribution in [0.3, 0.4) is 0 Å². The summed E-state index contributed by atoms with van der Waals surface area (Å²) in [5.41, 5.74) is -0.384. The Kier molecular flexibility index (Phi) is 3.59. The van der Waals surface area contributed by atoms with Crippen LogP contribution in [0.1, 0.15) is 39.5 Å². The molecule has 0 radical (unpaired) electrons. The zero-order valence-electron chi connectivity index (χ0n) is 12.7. The van der Waals surface area contributed by atoms with Gasteiger partial charge in [-0.2, -0.15) is 0 Å². The van der Waals surface area contributed by atoms with E-state index in [-0.39, 0.29) is 23.7 Å². The summed E-state index contributed by atoms with van der Waals surface area (Å²) < 4.78 is 5.75. The zero-order valence-corrected chi connectivity index (χ0v) is 12.7. The van der Waals surface area contributed by atoms with Gasteiger partial charge in [0.1, 0.15) is 6.04 Å². The Morgan fingerprint density at radius 1 is 1.19 bits per heavy atom. The lowest BCUT2D eigenvalue weighted by Gasteiger charge is -2.46. The van der Waals surface area contributed by atoms with E-state index >= 15 is 0 Å². The van der Waals surface area contributed by atoms with E-state index in [0.29, 0.717) is 19.6 Å². The Labute approximate surface area is 125 Å². The number of amides is 2. The number of fused-ring (bicyclic) bond motifs is 2. The van der Waals surface area contributed by atoms with Crippen molar-refractivity contribution in [1.82, 2.24) is 9.80 Å². The van der Waals surface area contributed by atoms with Crippen LogP contribution in [-0.4, -0.2) is 64.8 Å². The van der Waals surface area contributed by atoms with Crippen molar-refractivity contribution in [2.24, 2.45) is 5.41 Å². The highest BCUT2D eigenvalue weighted by Crippen LogP contribution is 2.36. The van der Waals surface area contributed by atoms with E-state index in [0.717, 1.165) is 25.7 Å². The summed E-state index contributed by atoms with van der Waals surface area (Å²) in [6.45, 7) is 5.60. The summed E-state index contributed by atoms with van der Waals surface area (Å²) in [6.07, 6.45) is 3.97. The fraction of sp³-hybridized carbons (Fsp3) is 0.867. The summed E-state index contributed by atoms with van der Waals surface area (Å²) in [7, 11) is 0. The Balaban J connectivity index is 1.77. The molecule has 0 aromatic heterocycles. The maximum Gasteiger partial charge on any atom is 0.327 e. The molecule has 2 bridgehead atoms. The lowest BCUT2D eigenvalue weighted by Crippen LogP contribution is -2.61. The molecule has 3 saturated heterocycles. The van der Waals surface area contributed by atoms with Gasteiger partial charge in [-0.15, -0.1) is 0 Å². The standard InChI is InChI=1S/C15H24N2O4/c1-15(2)6-3-7-17(12(15)13(18)19)14(20)16-8-10-4-5-11(9-16)21-10/h10-12H,3-9H2,1-2H3,(H,18,19). The number of carboxylic acids is 1. The molecule has 3 heterocycles. The van der Waals surface area contributed by atoms with Crippen LogP contribution in [0.15, 0.2) is 0 Å². The third-order valence-corrected chi connectivity index (χ3v) is 5.07. The van der Waals surface area contributed by atoms with Crippen LogP contribution < -0.4 is 0 Å². The first-order chi connectivity index (χ1) is 9.88. The second-order valence-corrected chi connectivity index (χ2v) is 7.17. The highest BCUT2D eigenvalue weighted by molar-refractivity contribution is 5.83. The number of morpholine rings is 1. The van der Waals surface area contributed by atoms with Crippen LogP contribution in [0, 0.1) is 5.41 Å². The highest BCUT2D eigenvalue weighted by Gasteiger charge is 2.47. The molecule has 0 aromatic carbocycles. The summed E-state index contributed by atoms with van der Waals surface area (Å²) in [5, 5.41) is 9.57. The number of carboxylic acid groups (broad SMARTS) is 1. The average molecular weight is 296 g/mol. The first kappa shape index (κ1) is 14.6. The van der Waals surface area contributed by atoms with Gasteiger partial charge < -0.3 is 19.6 Å². The maximum atomic E-state index is 12.8. The van der Waals surface area contributed by atoms with E-state index in [4.69, 9.17) is 4.74 Å². The van der Waals surface area contributed by atoms with Crippen molar-refractivity contribution in [2.45, 2.75) is 57.8 Å². The number of carbonyl (C=O) groups is 2. The van der Waals surface area contributed by atoms with E-state index in [1.54, 1.807) is 9.80 Å². The Hall–Kier alpha value is -1.30. The number of piperidine rings is 1. The Morgan fingerprint density at radius 3 is 2.38 bits per heavy atom. The molecule has 3 aliphatic heterocycles. The molecular weight excluding hydrogens is 272 g/mol. The fourth-order valence-corrected chi connectivity index (χ4v) is 4.02. The minimum absolute atomic E-state index is 0.129. The van der Waals surface area contributed by atoms with Crippen LogP contribution in [0.2, 0.25) is 0 Å². The highest BCUT2D eigenvalue weighted by atomic mass is 16.5. The summed E-state index contributed by atoms with van der Waals surface area (Å²) in [5.74, 6) is -0.899. The van der Waals surface area contributed by atoms with Gasteiger partial charge in [0, 0.05) is 19.6 Å².